The molecule has 1 aliphatic carbocycles. The van der Waals surface area contributed by atoms with E-state index in [2.05, 4.69) is 5.32 Å². The van der Waals surface area contributed by atoms with Gasteiger partial charge in [0.1, 0.15) is 0 Å². The molecule has 3 rings (SSSR count). The summed E-state index contributed by atoms with van der Waals surface area (Å²) in [4.78, 5) is 24.3. The largest absolute Gasteiger partial charge is 0.350 e. The minimum Gasteiger partial charge on any atom is -0.350 e. The Labute approximate surface area is 122 Å². The molecule has 1 aliphatic rings. The van der Waals surface area contributed by atoms with Gasteiger partial charge in [0.15, 0.2) is 0 Å². The summed E-state index contributed by atoms with van der Waals surface area (Å²) < 4.78 is 1.54. The number of pyridine rings is 1. The monoisotopic (exact) mass is 285 g/mol. The summed E-state index contributed by atoms with van der Waals surface area (Å²) in [6, 6.07) is 8.80. The van der Waals surface area contributed by atoms with Gasteiger partial charge in [0.2, 0.25) is 0 Å². The smallest absolute Gasteiger partial charge is 0.252 e. The lowest BCUT2D eigenvalue weighted by Crippen LogP contribution is -2.39. The second kappa shape index (κ2) is 5.33. The molecule has 110 valence electrons. The maximum absolute atomic E-state index is 12.4. The van der Waals surface area contributed by atoms with Crippen LogP contribution in [0.15, 0.2) is 35.1 Å². The van der Waals surface area contributed by atoms with Gasteiger partial charge < -0.3 is 15.6 Å². The van der Waals surface area contributed by atoms with Crippen LogP contribution in [0.4, 0.5) is 0 Å². The minimum atomic E-state index is -0.236. The van der Waals surface area contributed by atoms with Crippen molar-refractivity contribution in [1.82, 2.24) is 9.88 Å². The summed E-state index contributed by atoms with van der Waals surface area (Å²) in [6.45, 7) is 0.451. The van der Waals surface area contributed by atoms with Gasteiger partial charge in [0.25, 0.3) is 11.5 Å². The van der Waals surface area contributed by atoms with E-state index < -0.39 is 0 Å². The van der Waals surface area contributed by atoms with E-state index in [-0.39, 0.29) is 17.5 Å². The highest BCUT2D eigenvalue weighted by Crippen LogP contribution is 2.31. The van der Waals surface area contributed by atoms with Crippen molar-refractivity contribution in [2.24, 2.45) is 18.7 Å². The van der Waals surface area contributed by atoms with Gasteiger partial charge in [-0.1, -0.05) is 18.2 Å². The third-order valence-corrected chi connectivity index (χ3v) is 4.12. The second-order valence-electron chi connectivity index (χ2n) is 5.68. The molecule has 1 atom stereocenters. The lowest BCUT2D eigenvalue weighted by molar-refractivity contribution is 0.0951. The first-order chi connectivity index (χ1) is 10.1. The molecule has 1 amide bonds. The van der Waals surface area contributed by atoms with E-state index in [9.17, 15) is 9.59 Å². The van der Waals surface area contributed by atoms with Crippen LogP contribution in [0.1, 0.15) is 23.2 Å². The predicted octanol–water partition coefficient (Wildman–Crippen LogP) is 1.01. The van der Waals surface area contributed by atoms with Crippen LogP contribution >= 0.6 is 0 Å². The van der Waals surface area contributed by atoms with Crippen molar-refractivity contribution in [2.75, 3.05) is 6.54 Å². The van der Waals surface area contributed by atoms with Crippen LogP contribution in [0.5, 0.6) is 0 Å². The van der Waals surface area contributed by atoms with Crippen LogP contribution < -0.4 is 16.6 Å². The second-order valence-corrected chi connectivity index (χ2v) is 5.68. The highest BCUT2D eigenvalue weighted by molar-refractivity contribution is 6.06. The molecule has 0 spiro atoms. The number of carbonyl (C=O) groups excluding carboxylic acids is 1. The summed E-state index contributed by atoms with van der Waals surface area (Å²) in [5.74, 6) is 0.297. The maximum Gasteiger partial charge on any atom is 0.252 e. The summed E-state index contributed by atoms with van der Waals surface area (Å²) in [6.07, 6.45) is 2.29. The fourth-order valence-corrected chi connectivity index (χ4v) is 2.60. The standard InChI is InChI=1S/C16H19N3O2/c1-19-14-5-3-2-4-11(14)12(8-15(19)20)16(21)18-9-13(17)10-6-7-10/h2-5,8,10,13H,6-7,9,17H2,1H3,(H,18,21). The number of fused-ring (bicyclic) bond motifs is 1. The number of nitrogens with two attached hydrogens (primary N) is 1. The average Bonchev–Trinajstić information content (AvgIpc) is 3.33. The summed E-state index contributed by atoms with van der Waals surface area (Å²) in [7, 11) is 1.70. The zero-order valence-corrected chi connectivity index (χ0v) is 12.0. The summed E-state index contributed by atoms with van der Waals surface area (Å²) >= 11 is 0. The molecule has 2 aromatic rings. The lowest BCUT2D eigenvalue weighted by Gasteiger charge is -2.13. The Morgan fingerprint density at radius 3 is 2.86 bits per heavy atom. The van der Waals surface area contributed by atoms with Crippen LogP contribution in [0.2, 0.25) is 0 Å². The van der Waals surface area contributed by atoms with Crippen LogP contribution in [-0.2, 0) is 7.05 Å². The zero-order chi connectivity index (χ0) is 15.0. The highest BCUT2D eigenvalue weighted by Gasteiger charge is 2.28. The van der Waals surface area contributed by atoms with Crippen molar-refractivity contribution in [3.05, 3.63) is 46.2 Å². The predicted molar refractivity (Wildman–Crippen MR) is 82.2 cm³/mol. The van der Waals surface area contributed by atoms with Gasteiger partial charge >= 0.3 is 0 Å². The number of hydrogen-bond donors (Lipinski definition) is 2. The fourth-order valence-electron chi connectivity index (χ4n) is 2.60. The first-order valence-electron chi connectivity index (χ1n) is 7.20. The Morgan fingerprint density at radius 1 is 1.43 bits per heavy atom. The number of rotatable bonds is 4. The van der Waals surface area contributed by atoms with E-state index in [1.165, 1.54) is 6.07 Å². The van der Waals surface area contributed by atoms with Gasteiger partial charge in [-0.05, 0) is 24.8 Å². The van der Waals surface area contributed by atoms with E-state index >= 15 is 0 Å². The topological polar surface area (TPSA) is 77.1 Å². The minimum absolute atomic E-state index is 0.00626. The lowest BCUT2D eigenvalue weighted by atomic mass is 10.1. The third-order valence-electron chi connectivity index (χ3n) is 4.12. The number of aromatic nitrogens is 1. The van der Waals surface area contributed by atoms with E-state index in [0.717, 1.165) is 23.7 Å². The van der Waals surface area contributed by atoms with Crippen LogP contribution in [-0.4, -0.2) is 23.1 Å². The number of aryl methyl sites for hydroxylation is 1. The molecule has 1 heterocycles. The van der Waals surface area contributed by atoms with Gasteiger partial charge in [-0.25, -0.2) is 0 Å². The quantitative estimate of drug-likeness (QED) is 0.880. The molecule has 0 radical (unpaired) electrons. The van der Waals surface area contributed by atoms with Gasteiger partial charge in [-0.2, -0.15) is 0 Å². The molecule has 1 aromatic carbocycles. The molecule has 1 unspecified atom stereocenters. The van der Waals surface area contributed by atoms with Gasteiger partial charge in [-0.3, -0.25) is 9.59 Å². The van der Waals surface area contributed by atoms with Crippen molar-refractivity contribution in [3.8, 4) is 0 Å². The number of benzene rings is 1. The molecule has 5 heteroatoms. The van der Waals surface area contributed by atoms with Gasteiger partial charge in [0, 0.05) is 31.1 Å². The normalized spacial score (nSPS) is 15.9. The molecule has 1 fully saturated rings. The molecular formula is C16H19N3O2. The highest BCUT2D eigenvalue weighted by atomic mass is 16.2. The molecule has 0 saturated heterocycles. The first kappa shape index (κ1) is 13.8. The number of amides is 1. The number of nitrogens with one attached hydrogen (secondary N) is 1. The number of nitrogens with zero attached hydrogens (tertiary/aromatic N) is 1. The molecule has 1 saturated carbocycles. The number of hydrogen-bond acceptors (Lipinski definition) is 3. The van der Waals surface area contributed by atoms with Crippen LogP contribution in [0.3, 0.4) is 0 Å². The van der Waals surface area contributed by atoms with Crippen molar-refractivity contribution in [1.29, 1.82) is 0 Å². The molecule has 5 nitrogen and oxygen atoms in total. The van der Waals surface area contributed by atoms with Crippen LogP contribution in [0.25, 0.3) is 10.9 Å². The van der Waals surface area contributed by atoms with Gasteiger partial charge in [-0.15, -0.1) is 0 Å². The Kier molecular flexibility index (Phi) is 3.51. The van der Waals surface area contributed by atoms with E-state index in [1.807, 2.05) is 24.3 Å². The Morgan fingerprint density at radius 2 is 2.14 bits per heavy atom. The first-order valence-corrected chi connectivity index (χ1v) is 7.20. The zero-order valence-electron chi connectivity index (χ0n) is 12.0. The Bertz CT molecular complexity index is 747. The maximum atomic E-state index is 12.4. The average molecular weight is 285 g/mol. The number of para-hydroxylation sites is 1. The fraction of sp³-hybridized carbons (Fsp3) is 0.375. The van der Waals surface area contributed by atoms with Crippen LogP contribution in [0, 0.1) is 5.92 Å². The molecule has 1 aromatic heterocycles. The summed E-state index contributed by atoms with van der Waals surface area (Å²) in [5, 5.41) is 3.62. The van der Waals surface area contributed by atoms with Crippen molar-refractivity contribution in [3.63, 3.8) is 0 Å². The van der Waals surface area contributed by atoms with Gasteiger partial charge in [0.05, 0.1) is 11.1 Å². The molecule has 21 heavy (non-hydrogen) atoms. The van der Waals surface area contributed by atoms with Crippen molar-refractivity contribution >= 4 is 16.8 Å². The molecule has 3 N–H and O–H groups in total. The summed E-state index contributed by atoms with van der Waals surface area (Å²) in [5.41, 5.74) is 6.97. The van der Waals surface area contributed by atoms with Crippen molar-refractivity contribution in [2.45, 2.75) is 18.9 Å². The molecule has 0 bridgehead atoms. The Hall–Kier alpha value is -2.14. The Balaban J connectivity index is 1.90. The molecular weight excluding hydrogens is 266 g/mol. The van der Waals surface area contributed by atoms with E-state index in [0.29, 0.717) is 18.0 Å². The SMILES string of the molecule is Cn1c(=O)cc(C(=O)NCC(N)C2CC2)c2ccccc21. The number of carbonyl (C=O) groups is 1. The van der Waals surface area contributed by atoms with Crippen molar-refractivity contribution < 1.29 is 4.79 Å². The van der Waals surface area contributed by atoms with E-state index in [4.69, 9.17) is 5.73 Å². The molecule has 0 aliphatic heterocycles. The third kappa shape index (κ3) is 2.69. The van der Waals surface area contributed by atoms with E-state index in [1.54, 1.807) is 11.6 Å².